The number of nitrogens with one attached hydrogen (secondary N) is 1. The molecule has 24 heavy (non-hydrogen) atoms. The summed E-state index contributed by atoms with van der Waals surface area (Å²) in [4.78, 5) is 24.0. The van der Waals surface area contributed by atoms with E-state index < -0.39 is 0 Å². The molecule has 0 atom stereocenters. The molecule has 0 unspecified atom stereocenters. The third-order valence-electron chi connectivity index (χ3n) is 4.06. The van der Waals surface area contributed by atoms with Crippen LogP contribution in [0.25, 0.3) is 0 Å². The van der Waals surface area contributed by atoms with Crippen molar-refractivity contribution in [1.29, 1.82) is 0 Å². The molecule has 0 saturated carbocycles. The average molecular weight is 390 g/mol. The van der Waals surface area contributed by atoms with E-state index in [-0.39, 0.29) is 0 Å². The molecule has 126 valence electrons. The number of carbonyl (C=O) groups is 1. The van der Waals surface area contributed by atoms with Crippen LogP contribution in [-0.2, 0) is 4.79 Å². The number of rotatable bonds is 4. The summed E-state index contributed by atoms with van der Waals surface area (Å²) >= 11 is 3.47. The largest absolute Gasteiger partial charge is 0.353 e. The zero-order valence-corrected chi connectivity index (χ0v) is 15.4. The van der Waals surface area contributed by atoms with Gasteiger partial charge in [-0.15, -0.1) is 0 Å². The molecule has 1 aromatic heterocycles. The number of aryl methyl sites for hydroxylation is 2. The van der Waals surface area contributed by atoms with E-state index in [2.05, 4.69) is 42.2 Å². The van der Waals surface area contributed by atoms with E-state index in [0.717, 1.165) is 59.8 Å². The Morgan fingerprint density at radius 1 is 1.12 bits per heavy atom. The van der Waals surface area contributed by atoms with Crippen LogP contribution in [0, 0.1) is 13.8 Å². The van der Waals surface area contributed by atoms with Gasteiger partial charge in [-0.1, -0.05) is 15.9 Å². The second-order valence-corrected chi connectivity index (χ2v) is 6.82. The summed E-state index contributed by atoms with van der Waals surface area (Å²) in [6, 6.07) is 8.03. The van der Waals surface area contributed by atoms with Crippen LogP contribution in [0.4, 0.5) is 17.5 Å². The molecule has 3 rings (SSSR count). The van der Waals surface area contributed by atoms with Crippen molar-refractivity contribution in [2.24, 2.45) is 0 Å². The Morgan fingerprint density at radius 3 is 2.54 bits per heavy atom. The summed E-state index contributed by atoms with van der Waals surface area (Å²) in [6.07, 6.45) is 0.909. The second-order valence-electron chi connectivity index (χ2n) is 5.90. The number of aromatic nitrogens is 2. The first-order valence-corrected chi connectivity index (χ1v) is 8.67. The summed E-state index contributed by atoms with van der Waals surface area (Å²) in [5.41, 5.74) is 3.02. The minimum Gasteiger partial charge on any atom is -0.353 e. The highest BCUT2D eigenvalue weighted by Crippen LogP contribution is 2.24. The lowest BCUT2D eigenvalue weighted by atomic mass is 10.2. The van der Waals surface area contributed by atoms with Gasteiger partial charge in [0, 0.05) is 48.1 Å². The van der Waals surface area contributed by atoms with Gasteiger partial charge in [-0.05, 0) is 37.6 Å². The minimum absolute atomic E-state index is 0.591. The van der Waals surface area contributed by atoms with E-state index in [1.165, 1.54) is 0 Å². The van der Waals surface area contributed by atoms with Crippen molar-refractivity contribution in [2.45, 2.75) is 13.8 Å². The van der Waals surface area contributed by atoms with Crippen LogP contribution < -0.4 is 10.2 Å². The number of benzene rings is 1. The maximum atomic E-state index is 10.8. The molecule has 7 heteroatoms. The lowest BCUT2D eigenvalue weighted by Crippen LogP contribution is -2.46. The predicted octanol–water partition coefficient (Wildman–Crippen LogP) is 2.88. The first kappa shape index (κ1) is 16.7. The molecule has 6 nitrogen and oxygen atoms in total. The molecular formula is C17H20BrN5O. The fourth-order valence-electron chi connectivity index (χ4n) is 2.71. The molecule has 0 aliphatic carbocycles. The number of anilines is 3. The Bertz CT molecular complexity index is 744. The van der Waals surface area contributed by atoms with Crippen molar-refractivity contribution in [3.8, 4) is 0 Å². The molecule has 1 N–H and O–H groups in total. The van der Waals surface area contributed by atoms with Gasteiger partial charge in [0.05, 0.1) is 0 Å². The van der Waals surface area contributed by atoms with E-state index in [4.69, 9.17) is 0 Å². The van der Waals surface area contributed by atoms with Crippen LogP contribution in [-0.4, -0.2) is 47.5 Å². The first-order chi connectivity index (χ1) is 11.5. The molecule has 0 bridgehead atoms. The molecule has 1 fully saturated rings. The molecule has 0 radical (unpaired) electrons. The average Bonchev–Trinajstić information content (AvgIpc) is 2.57. The van der Waals surface area contributed by atoms with Crippen LogP contribution in [0.2, 0.25) is 0 Å². The van der Waals surface area contributed by atoms with Crippen LogP contribution in [0.3, 0.4) is 0 Å². The number of carbonyl (C=O) groups excluding carboxylic acids is 1. The lowest BCUT2D eigenvalue weighted by Gasteiger charge is -2.33. The summed E-state index contributed by atoms with van der Waals surface area (Å²) in [6.45, 7) is 7.02. The number of hydrogen-bond acceptors (Lipinski definition) is 5. The van der Waals surface area contributed by atoms with Crippen LogP contribution in [0.5, 0.6) is 0 Å². The normalized spacial score (nSPS) is 14.6. The third kappa shape index (κ3) is 3.84. The first-order valence-electron chi connectivity index (χ1n) is 7.88. The summed E-state index contributed by atoms with van der Waals surface area (Å²) < 4.78 is 1.05. The Morgan fingerprint density at radius 2 is 1.88 bits per heavy atom. The fraction of sp³-hybridized carbons (Fsp3) is 0.353. The number of halogens is 1. The van der Waals surface area contributed by atoms with Crippen molar-refractivity contribution >= 4 is 39.8 Å². The molecule has 1 saturated heterocycles. The van der Waals surface area contributed by atoms with Crippen LogP contribution >= 0.6 is 15.9 Å². The van der Waals surface area contributed by atoms with Gasteiger partial charge in [0.15, 0.2) is 0 Å². The maximum absolute atomic E-state index is 10.8. The number of hydrogen-bond donors (Lipinski definition) is 1. The topological polar surface area (TPSA) is 61.4 Å². The predicted molar refractivity (Wildman–Crippen MR) is 98.8 cm³/mol. The van der Waals surface area contributed by atoms with Gasteiger partial charge in [-0.25, -0.2) is 4.98 Å². The lowest BCUT2D eigenvalue weighted by molar-refractivity contribution is -0.118. The van der Waals surface area contributed by atoms with Gasteiger partial charge in [-0.3, -0.25) is 4.79 Å². The molecule has 2 aromatic rings. The smallest absolute Gasteiger partial charge is 0.229 e. The molecular weight excluding hydrogens is 370 g/mol. The standard InChI is InChI=1S/C17H20BrN5O/c1-12-9-14(18)3-4-15(12)20-17-19-13(2)10-16(21-17)23-7-5-22(11-24)6-8-23/h3-4,9-11H,5-8H2,1-2H3,(H,19,20,21). The highest BCUT2D eigenvalue weighted by Gasteiger charge is 2.18. The SMILES string of the molecule is Cc1cc(N2CCN(C=O)CC2)nc(Nc2ccc(Br)cc2C)n1. The van der Waals surface area contributed by atoms with E-state index in [1.54, 1.807) is 4.90 Å². The summed E-state index contributed by atoms with van der Waals surface area (Å²) in [5.74, 6) is 1.48. The molecule has 1 aliphatic heterocycles. The molecule has 2 heterocycles. The van der Waals surface area contributed by atoms with Gasteiger partial charge in [0.1, 0.15) is 5.82 Å². The molecule has 1 amide bonds. The molecule has 1 aliphatic rings. The maximum Gasteiger partial charge on any atom is 0.229 e. The van der Waals surface area contributed by atoms with Gasteiger partial charge < -0.3 is 15.1 Å². The zero-order chi connectivity index (χ0) is 17.1. The van der Waals surface area contributed by atoms with Crippen molar-refractivity contribution in [1.82, 2.24) is 14.9 Å². The van der Waals surface area contributed by atoms with E-state index in [1.807, 2.05) is 32.0 Å². The van der Waals surface area contributed by atoms with E-state index >= 15 is 0 Å². The van der Waals surface area contributed by atoms with E-state index in [9.17, 15) is 4.79 Å². The van der Waals surface area contributed by atoms with Crippen molar-refractivity contribution in [2.75, 3.05) is 36.4 Å². The number of amides is 1. The van der Waals surface area contributed by atoms with Gasteiger partial charge in [0.2, 0.25) is 12.4 Å². The minimum atomic E-state index is 0.591. The second kappa shape index (κ2) is 7.17. The highest BCUT2D eigenvalue weighted by atomic mass is 79.9. The van der Waals surface area contributed by atoms with Crippen molar-refractivity contribution < 1.29 is 4.79 Å². The highest BCUT2D eigenvalue weighted by molar-refractivity contribution is 9.10. The summed E-state index contributed by atoms with van der Waals surface area (Å²) in [7, 11) is 0. The van der Waals surface area contributed by atoms with Crippen LogP contribution in [0.15, 0.2) is 28.7 Å². The number of nitrogens with zero attached hydrogens (tertiary/aromatic N) is 4. The third-order valence-corrected chi connectivity index (χ3v) is 4.56. The molecule has 0 spiro atoms. The van der Waals surface area contributed by atoms with Crippen molar-refractivity contribution in [3.63, 3.8) is 0 Å². The summed E-state index contributed by atoms with van der Waals surface area (Å²) in [5, 5.41) is 3.30. The van der Waals surface area contributed by atoms with Crippen LogP contribution in [0.1, 0.15) is 11.3 Å². The molecule has 1 aromatic carbocycles. The quantitative estimate of drug-likeness (QED) is 0.814. The van der Waals surface area contributed by atoms with Gasteiger partial charge in [0.25, 0.3) is 0 Å². The Balaban J connectivity index is 1.80. The van der Waals surface area contributed by atoms with Gasteiger partial charge in [-0.2, -0.15) is 4.98 Å². The Labute approximate surface area is 150 Å². The zero-order valence-electron chi connectivity index (χ0n) is 13.8. The van der Waals surface area contributed by atoms with Crippen molar-refractivity contribution in [3.05, 3.63) is 40.0 Å². The fourth-order valence-corrected chi connectivity index (χ4v) is 3.19. The number of piperazine rings is 1. The monoisotopic (exact) mass is 389 g/mol. The Hall–Kier alpha value is -2.15. The Kier molecular flexibility index (Phi) is 4.99. The van der Waals surface area contributed by atoms with E-state index in [0.29, 0.717) is 5.95 Å². The van der Waals surface area contributed by atoms with Gasteiger partial charge >= 0.3 is 0 Å².